The van der Waals surface area contributed by atoms with E-state index in [1.165, 1.54) is 0 Å². The molecule has 0 amide bonds. The molecule has 0 spiro atoms. The monoisotopic (exact) mass is 280 g/mol. The summed E-state index contributed by atoms with van der Waals surface area (Å²) in [6.45, 7) is 6.72. The van der Waals surface area contributed by atoms with Crippen molar-refractivity contribution in [3.8, 4) is 0 Å². The molecule has 104 valence electrons. The molecule has 19 heavy (non-hydrogen) atoms. The van der Waals surface area contributed by atoms with Crippen LogP contribution in [0.3, 0.4) is 0 Å². The molecule has 0 aromatic carbocycles. The van der Waals surface area contributed by atoms with Crippen molar-refractivity contribution in [1.29, 1.82) is 0 Å². The van der Waals surface area contributed by atoms with Crippen molar-refractivity contribution in [1.82, 2.24) is 9.88 Å². The van der Waals surface area contributed by atoms with Crippen LogP contribution in [-0.4, -0.2) is 53.8 Å². The van der Waals surface area contributed by atoms with Gasteiger partial charge in [-0.25, -0.2) is 0 Å². The fraction of sp³-hybridized carbons (Fsp3) is 0.538. The standard InChI is InChI=1S/C13H20N4OS/c1-10(9-17-4-6-18-7-5-17)16-12-8-15-3-2-11(12)13(14)19/h2-3,8,10,16H,4-7,9H2,1H3,(H2,14,19). The molecule has 1 unspecified atom stereocenters. The van der Waals surface area contributed by atoms with Gasteiger partial charge in [0.1, 0.15) is 4.99 Å². The maximum Gasteiger partial charge on any atom is 0.106 e. The minimum Gasteiger partial charge on any atom is -0.389 e. The van der Waals surface area contributed by atoms with Crippen molar-refractivity contribution < 1.29 is 4.74 Å². The predicted molar refractivity (Wildman–Crippen MR) is 80.5 cm³/mol. The Morgan fingerprint density at radius 1 is 1.58 bits per heavy atom. The highest BCUT2D eigenvalue weighted by molar-refractivity contribution is 7.80. The summed E-state index contributed by atoms with van der Waals surface area (Å²) >= 11 is 5.05. The highest BCUT2D eigenvalue weighted by Crippen LogP contribution is 2.14. The maximum atomic E-state index is 5.71. The number of anilines is 1. The highest BCUT2D eigenvalue weighted by atomic mass is 32.1. The summed E-state index contributed by atoms with van der Waals surface area (Å²) in [6, 6.07) is 2.14. The van der Waals surface area contributed by atoms with E-state index in [4.69, 9.17) is 22.7 Å². The molecule has 1 saturated heterocycles. The number of nitrogens with one attached hydrogen (secondary N) is 1. The molecule has 1 aromatic rings. The van der Waals surface area contributed by atoms with Crippen molar-refractivity contribution in [2.45, 2.75) is 13.0 Å². The zero-order valence-corrected chi connectivity index (χ0v) is 11.9. The third-order valence-corrected chi connectivity index (χ3v) is 3.34. The Morgan fingerprint density at radius 3 is 3.00 bits per heavy atom. The van der Waals surface area contributed by atoms with Crippen LogP contribution in [0.2, 0.25) is 0 Å². The van der Waals surface area contributed by atoms with E-state index in [1.807, 2.05) is 6.07 Å². The molecule has 0 bridgehead atoms. The van der Waals surface area contributed by atoms with E-state index in [-0.39, 0.29) is 0 Å². The van der Waals surface area contributed by atoms with Crippen LogP contribution in [0.25, 0.3) is 0 Å². The molecule has 1 aliphatic heterocycles. The van der Waals surface area contributed by atoms with Crippen LogP contribution in [0.4, 0.5) is 5.69 Å². The lowest BCUT2D eigenvalue weighted by Crippen LogP contribution is -2.42. The molecule has 1 atom stereocenters. The summed E-state index contributed by atoms with van der Waals surface area (Å²) < 4.78 is 5.34. The summed E-state index contributed by atoms with van der Waals surface area (Å²) in [5, 5.41) is 3.43. The van der Waals surface area contributed by atoms with Gasteiger partial charge in [0.05, 0.1) is 25.1 Å². The molecule has 2 heterocycles. The molecule has 0 radical (unpaired) electrons. The molecule has 2 rings (SSSR count). The Kier molecular flexibility index (Phi) is 5.07. The second kappa shape index (κ2) is 6.79. The molecular formula is C13H20N4OS. The van der Waals surface area contributed by atoms with Gasteiger partial charge in [-0.2, -0.15) is 0 Å². The van der Waals surface area contributed by atoms with Crippen molar-refractivity contribution >= 4 is 22.9 Å². The Morgan fingerprint density at radius 2 is 2.32 bits per heavy atom. The van der Waals surface area contributed by atoms with Crippen LogP contribution in [0.15, 0.2) is 18.5 Å². The van der Waals surface area contributed by atoms with Gasteiger partial charge in [-0.05, 0) is 13.0 Å². The first kappa shape index (κ1) is 14.2. The first-order valence-electron chi connectivity index (χ1n) is 6.47. The lowest BCUT2D eigenvalue weighted by molar-refractivity contribution is 0.0368. The van der Waals surface area contributed by atoms with Crippen molar-refractivity contribution in [3.63, 3.8) is 0 Å². The number of hydrogen-bond acceptors (Lipinski definition) is 5. The Bertz CT molecular complexity index is 434. The fourth-order valence-corrected chi connectivity index (χ4v) is 2.38. The van der Waals surface area contributed by atoms with E-state index in [1.54, 1.807) is 12.4 Å². The van der Waals surface area contributed by atoms with Crippen LogP contribution in [0.1, 0.15) is 12.5 Å². The molecular weight excluding hydrogens is 260 g/mol. The zero-order chi connectivity index (χ0) is 13.7. The minimum absolute atomic E-state index is 0.301. The summed E-state index contributed by atoms with van der Waals surface area (Å²) in [7, 11) is 0. The molecule has 0 saturated carbocycles. The summed E-state index contributed by atoms with van der Waals surface area (Å²) in [5.41, 5.74) is 7.46. The first-order chi connectivity index (χ1) is 9.16. The number of nitrogens with two attached hydrogens (primary N) is 1. The van der Waals surface area contributed by atoms with Gasteiger partial charge in [0.15, 0.2) is 0 Å². The smallest absolute Gasteiger partial charge is 0.106 e. The second-order valence-corrected chi connectivity index (χ2v) is 5.18. The minimum atomic E-state index is 0.301. The molecule has 0 aliphatic carbocycles. The molecule has 6 heteroatoms. The fourth-order valence-electron chi connectivity index (χ4n) is 2.21. The number of ether oxygens (including phenoxy) is 1. The largest absolute Gasteiger partial charge is 0.389 e. The maximum absolute atomic E-state index is 5.71. The van der Waals surface area contributed by atoms with Gasteiger partial charge in [0, 0.05) is 37.4 Å². The van der Waals surface area contributed by atoms with Crippen LogP contribution in [0, 0.1) is 0 Å². The van der Waals surface area contributed by atoms with E-state index in [0.717, 1.165) is 44.1 Å². The molecule has 1 aliphatic rings. The lowest BCUT2D eigenvalue weighted by Gasteiger charge is -2.30. The predicted octanol–water partition coefficient (Wildman–Crippen LogP) is 0.848. The van der Waals surface area contributed by atoms with Crippen LogP contribution < -0.4 is 11.1 Å². The summed E-state index contributed by atoms with van der Waals surface area (Å²) in [5.74, 6) is 0. The Hall–Kier alpha value is -1.24. The van der Waals surface area contributed by atoms with Gasteiger partial charge in [-0.15, -0.1) is 0 Å². The first-order valence-corrected chi connectivity index (χ1v) is 6.88. The topological polar surface area (TPSA) is 63.4 Å². The van der Waals surface area contributed by atoms with E-state index in [9.17, 15) is 0 Å². The molecule has 5 nitrogen and oxygen atoms in total. The van der Waals surface area contributed by atoms with Crippen molar-refractivity contribution in [3.05, 3.63) is 24.0 Å². The van der Waals surface area contributed by atoms with Gasteiger partial charge in [-0.3, -0.25) is 9.88 Å². The number of hydrogen-bond donors (Lipinski definition) is 2. The average Bonchev–Trinajstić information content (AvgIpc) is 2.40. The Labute approximate surface area is 119 Å². The highest BCUT2D eigenvalue weighted by Gasteiger charge is 2.14. The quantitative estimate of drug-likeness (QED) is 0.780. The number of aromatic nitrogens is 1. The van der Waals surface area contributed by atoms with Crippen LogP contribution in [0.5, 0.6) is 0 Å². The summed E-state index contributed by atoms with van der Waals surface area (Å²) in [6.07, 6.45) is 3.47. The van der Waals surface area contributed by atoms with Gasteiger partial charge in [0.2, 0.25) is 0 Å². The number of thiocarbonyl (C=S) groups is 1. The van der Waals surface area contributed by atoms with Crippen molar-refractivity contribution in [2.75, 3.05) is 38.2 Å². The molecule has 1 aromatic heterocycles. The van der Waals surface area contributed by atoms with Gasteiger partial charge in [0.25, 0.3) is 0 Å². The summed E-state index contributed by atoms with van der Waals surface area (Å²) in [4.78, 5) is 6.90. The number of morpholine rings is 1. The third kappa shape index (κ3) is 4.12. The Balaban J connectivity index is 1.94. The molecule has 3 N–H and O–H groups in total. The van der Waals surface area contributed by atoms with Crippen molar-refractivity contribution in [2.24, 2.45) is 5.73 Å². The number of pyridine rings is 1. The average molecular weight is 280 g/mol. The SMILES string of the molecule is CC(CN1CCOCC1)Nc1cnccc1C(N)=S. The van der Waals surface area contributed by atoms with E-state index >= 15 is 0 Å². The zero-order valence-electron chi connectivity index (χ0n) is 11.1. The van der Waals surface area contributed by atoms with Gasteiger partial charge in [-0.1, -0.05) is 12.2 Å². The number of rotatable bonds is 5. The second-order valence-electron chi connectivity index (χ2n) is 4.74. The number of nitrogens with zero attached hydrogens (tertiary/aromatic N) is 2. The van der Waals surface area contributed by atoms with E-state index < -0.39 is 0 Å². The van der Waals surface area contributed by atoms with E-state index in [2.05, 4.69) is 22.1 Å². The lowest BCUT2D eigenvalue weighted by atomic mass is 10.2. The third-order valence-electron chi connectivity index (χ3n) is 3.12. The molecule has 1 fully saturated rings. The van der Waals surface area contributed by atoms with Gasteiger partial charge < -0.3 is 15.8 Å². The normalized spacial score (nSPS) is 17.9. The van der Waals surface area contributed by atoms with E-state index in [0.29, 0.717) is 11.0 Å². The van der Waals surface area contributed by atoms with Crippen LogP contribution >= 0.6 is 12.2 Å². The van der Waals surface area contributed by atoms with Gasteiger partial charge >= 0.3 is 0 Å². The van der Waals surface area contributed by atoms with Crippen LogP contribution in [-0.2, 0) is 4.74 Å².